The third kappa shape index (κ3) is 4.82. The Morgan fingerprint density at radius 2 is 1.78 bits per heavy atom. The zero-order valence-electron chi connectivity index (χ0n) is 16.8. The Hall–Kier alpha value is -2.49. The molecule has 0 aromatic heterocycles. The van der Waals surface area contributed by atoms with Crippen LogP contribution in [0.5, 0.6) is 5.75 Å². The molecule has 0 spiro atoms. The van der Waals surface area contributed by atoms with Crippen LogP contribution in [0.3, 0.4) is 0 Å². The van der Waals surface area contributed by atoms with Crippen LogP contribution in [0.1, 0.15) is 42.0 Å². The van der Waals surface area contributed by atoms with Gasteiger partial charge in [0.1, 0.15) is 5.75 Å². The van der Waals surface area contributed by atoms with Crippen LogP contribution < -0.4 is 15.0 Å². The summed E-state index contributed by atoms with van der Waals surface area (Å²) in [7, 11) is 0. The van der Waals surface area contributed by atoms with E-state index in [4.69, 9.17) is 4.74 Å². The summed E-state index contributed by atoms with van der Waals surface area (Å²) >= 11 is 0. The molecule has 2 aromatic rings. The zero-order chi connectivity index (χ0) is 19.4. The molecule has 0 aliphatic carbocycles. The zero-order valence-corrected chi connectivity index (χ0v) is 16.8. The Labute approximate surface area is 162 Å². The normalized spacial score (nSPS) is 14.9. The van der Waals surface area contributed by atoms with Crippen LogP contribution in [0.15, 0.2) is 36.4 Å². The summed E-state index contributed by atoms with van der Waals surface area (Å²) in [6.07, 6.45) is 2.01. The maximum atomic E-state index is 12.4. The van der Waals surface area contributed by atoms with Crippen LogP contribution in [-0.4, -0.2) is 25.1 Å². The molecule has 27 heavy (non-hydrogen) atoms. The van der Waals surface area contributed by atoms with Gasteiger partial charge in [0.05, 0.1) is 0 Å². The van der Waals surface area contributed by atoms with Crippen molar-refractivity contribution in [2.45, 2.75) is 53.2 Å². The van der Waals surface area contributed by atoms with E-state index in [1.807, 2.05) is 19.9 Å². The first-order valence-electron chi connectivity index (χ1n) is 9.80. The number of hydrogen-bond acceptors (Lipinski definition) is 3. The Morgan fingerprint density at radius 1 is 1.11 bits per heavy atom. The molecule has 3 rings (SSSR count). The van der Waals surface area contributed by atoms with Gasteiger partial charge in [-0.05, 0) is 81.0 Å². The molecule has 1 atom stereocenters. The first-order chi connectivity index (χ1) is 12.9. The summed E-state index contributed by atoms with van der Waals surface area (Å²) in [6, 6.07) is 12.6. The van der Waals surface area contributed by atoms with Crippen LogP contribution in [0.2, 0.25) is 0 Å². The Bertz CT molecular complexity index is 793. The predicted octanol–water partition coefficient (Wildman–Crippen LogP) is 4.30. The van der Waals surface area contributed by atoms with Gasteiger partial charge in [0, 0.05) is 25.3 Å². The summed E-state index contributed by atoms with van der Waals surface area (Å²) in [6.45, 7) is 10.7. The second kappa shape index (κ2) is 8.47. The van der Waals surface area contributed by atoms with Gasteiger partial charge < -0.3 is 15.0 Å². The quantitative estimate of drug-likeness (QED) is 0.829. The van der Waals surface area contributed by atoms with Gasteiger partial charge in [-0.15, -0.1) is 0 Å². The van der Waals surface area contributed by atoms with Gasteiger partial charge >= 0.3 is 0 Å². The van der Waals surface area contributed by atoms with Crippen molar-refractivity contribution in [2.75, 3.05) is 18.0 Å². The molecule has 1 fully saturated rings. The van der Waals surface area contributed by atoms with E-state index in [1.165, 1.54) is 24.1 Å². The number of nitrogens with one attached hydrogen (secondary N) is 1. The van der Waals surface area contributed by atoms with E-state index in [1.54, 1.807) is 6.92 Å². The molecule has 144 valence electrons. The number of nitrogens with zero attached hydrogens (tertiary/aromatic N) is 1. The number of hydrogen-bond donors (Lipinski definition) is 1. The molecule has 4 heteroatoms. The molecule has 0 saturated carbocycles. The van der Waals surface area contributed by atoms with Crippen molar-refractivity contribution < 1.29 is 9.53 Å². The minimum absolute atomic E-state index is 0.0998. The highest BCUT2D eigenvalue weighted by molar-refractivity contribution is 5.80. The lowest BCUT2D eigenvalue weighted by Gasteiger charge is -2.19. The maximum Gasteiger partial charge on any atom is 0.261 e. The molecule has 0 unspecified atom stereocenters. The lowest BCUT2D eigenvalue weighted by Crippen LogP contribution is -2.36. The predicted molar refractivity (Wildman–Crippen MR) is 110 cm³/mol. The monoisotopic (exact) mass is 366 g/mol. The van der Waals surface area contributed by atoms with Crippen molar-refractivity contribution in [1.82, 2.24) is 5.32 Å². The van der Waals surface area contributed by atoms with Crippen molar-refractivity contribution in [3.8, 4) is 5.75 Å². The summed E-state index contributed by atoms with van der Waals surface area (Å²) in [4.78, 5) is 14.8. The fourth-order valence-corrected chi connectivity index (χ4v) is 3.50. The fraction of sp³-hybridized carbons (Fsp3) is 0.435. The molecule has 1 saturated heterocycles. The average molecular weight is 367 g/mol. The number of amides is 1. The van der Waals surface area contributed by atoms with Crippen molar-refractivity contribution in [3.63, 3.8) is 0 Å². The second-order valence-electron chi connectivity index (χ2n) is 7.54. The summed E-state index contributed by atoms with van der Waals surface area (Å²) in [5.74, 6) is 0.683. The van der Waals surface area contributed by atoms with Crippen LogP contribution >= 0.6 is 0 Å². The fourth-order valence-electron chi connectivity index (χ4n) is 3.50. The van der Waals surface area contributed by atoms with Crippen LogP contribution in [0, 0.1) is 20.8 Å². The lowest BCUT2D eigenvalue weighted by atomic mass is 10.1. The first kappa shape index (κ1) is 19.3. The van der Waals surface area contributed by atoms with Gasteiger partial charge in [-0.1, -0.05) is 18.2 Å². The van der Waals surface area contributed by atoms with Crippen molar-refractivity contribution in [2.24, 2.45) is 0 Å². The Balaban J connectivity index is 1.54. The van der Waals surface area contributed by atoms with E-state index in [2.05, 4.69) is 47.5 Å². The number of benzene rings is 2. The maximum absolute atomic E-state index is 12.4. The summed E-state index contributed by atoms with van der Waals surface area (Å²) in [5, 5.41) is 2.98. The number of ether oxygens (including phenoxy) is 1. The lowest BCUT2D eigenvalue weighted by molar-refractivity contribution is -0.127. The minimum atomic E-state index is -0.534. The van der Waals surface area contributed by atoms with Crippen molar-refractivity contribution in [1.29, 1.82) is 0 Å². The van der Waals surface area contributed by atoms with Crippen LogP contribution in [-0.2, 0) is 11.3 Å². The number of aryl methyl sites for hydroxylation is 2. The van der Waals surface area contributed by atoms with Crippen molar-refractivity contribution >= 4 is 11.6 Å². The highest BCUT2D eigenvalue weighted by Gasteiger charge is 2.16. The van der Waals surface area contributed by atoms with E-state index in [0.29, 0.717) is 6.54 Å². The van der Waals surface area contributed by atoms with E-state index in [9.17, 15) is 4.79 Å². The number of anilines is 1. The molecular formula is C23H30N2O2. The summed E-state index contributed by atoms with van der Waals surface area (Å²) in [5.41, 5.74) is 5.76. The number of carbonyl (C=O) groups excluding carboxylic acids is 1. The molecule has 1 heterocycles. The molecule has 1 N–H and O–H groups in total. The van der Waals surface area contributed by atoms with Crippen molar-refractivity contribution in [3.05, 3.63) is 58.7 Å². The molecule has 2 aromatic carbocycles. The standard InChI is InChI=1S/C23H30N2O2/c1-16-13-17(2)18(3)22(14-16)27-19(4)23(26)24-15-20-7-9-21(10-8-20)25-11-5-6-12-25/h7-10,13-14,19H,5-6,11-12,15H2,1-4H3,(H,24,26)/t19-/m0/s1. The SMILES string of the molecule is Cc1cc(C)c(C)c(O[C@@H](C)C(=O)NCc2ccc(N3CCCC3)cc2)c1. The van der Waals surface area contributed by atoms with Gasteiger partial charge in [-0.3, -0.25) is 4.79 Å². The number of carbonyl (C=O) groups is 1. The smallest absolute Gasteiger partial charge is 0.261 e. The third-order valence-electron chi connectivity index (χ3n) is 5.31. The highest BCUT2D eigenvalue weighted by Crippen LogP contribution is 2.24. The minimum Gasteiger partial charge on any atom is -0.481 e. The summed E-state index contributed by atoms with van der Waals surface area (Å²) < 4.78 is 5.92. The number of rotatable bonds is 6. The molecule has 1 aliphatic rings. The van der Waals surface area contributed by atoms with Gasteiger partial charge in [0.2, 0.25) is 0 Å². The molecule has 0 radical (unpaired) electrons. The van der Waals surface area contributed by atoms with E-state index in [0.717, 1.165) is 35.5 Å². The molecule has 1 amide bonds. The van der Waals surface area contributed by atoms with Gasteiger partial charge in [-0.2, -0.15) is 0 Å². The molecule has 1 aliphatic heterocycles. The van der Waals surface area contributed by atoms with Gasteiger partial charge in [0.15, 0.2) is 6.10 Å². The molecule has 4 nitrogen and oxygen atoms in total. The van der Waals surface area contributed by atoms with Crippen LogP contribution in [0.4, 0.5) is 5.69 Å². The first-order valence-corrected chi connectivity index (χ1v) is 9.80. The second-order valence-corrected chi connectivity index (χ2v) is 7.54. The molecule has 0 bridgehead atoms. The van der Waals surface area contributed by atoms with E-state index in [-0.39, 0.29) is 5.91 Å². The average Bonchev–Trinajstić information content (AvgIpc) is 3.18. The highest BCUT2D eigenvalue weighted by atomic mass is 16.5. The van der Waals surface area contributed by atoms with Crippen LogP contribution in [0.25, 0.3) is 0 Å². The van der Waals surface area contributed by atoms with Gasteiger partial charge in [0.25, 0.3) is 5.91 Å². The topological polar surface area (TPSA) is 41.6 Å². The Morgan fingerprint density at radius 3 is 2.44 bits per heavy atom. The van der Waals surface area contributed by atoms with Gasteiger partial charge in [-0.25, -0.2) is 0 Å². The van der Waals surface area contributed by atoms with E-state index < -0.39 is 6.10 Å². The Kier molecular flexibility index (Phi) is 6.04. The van der Waals surface area contributed by atoms with E-state index >= 15 is 0 Å². The molecular weight excluding hydrogens is 336 g/mol. The largest absolute Gasteiger partial charge is 0.481 e. The third-order valence-corrected chi connectivity index (χ3v) is 5.31.